The molecule has 0 saturated carbocycles. The number of anilines is 3. The second-order valence-corrected chi connectivity index (χ2v) is 4.44. The molecule has 2 aromatic rings. The van der Waals surface area contributed by atoms with Gasteiger partial charge in [0.15, 0.2) is 0 Å². The van der Waals surface area contributed by atoms with Crippen LogP contribution in [0.1, 0.15) is 5.56 Å². The quantitative estimate of drug-likeness (QED) is 0.454. The average molecular weight is 294 g/mol. The lowest BCUT2D eigenvalue weighted by atomic mass is 10.2. The number of benzene rings is 1. The van der Waals surface area contributed by atoms with E-state index in [4.69, 9.17) is 17.4 Å². The Kier molecular flexibility index (Phi) is 4.02. The van der Waals surface area contributed by atoms with Gasteiger partial charge in [-0.3, -0.25) is 10.1 Å². The molecule has 2 rings (SSSR count). The molecule has 8 heteroatoms. The van der Waals surface area contributed by atoms with Gasteiger partial charge in [0.25, 0.3) is 5.69 Å². The Balaban J connectivity index is 2.40. The second-order valence-electron chi connectivity index (χ2n) is 4.03. The van der Waals surface area contributed by atoms with Crippen molar-refractivity contribution in [2.24, 2.45) is 5.84 Å². The zero-order valence-corrected chi connectivity index (χ0v) is 11.3. The molecule has 0 radical (unpaired) electrons. The molecule has 0 amide bonds. The number of hydrogen-bond acceptors (Lipinski definition) is 6. The summed E-state index contributed by atoms with van der Waals surface area (Å²) >= 11 is 6.02. The average Bonchev–Trinajstić information content (AvgIpc) is 2.43. The number of hydrazine groups is 1. The van der Waals surface area contributed by atoms with Gasteiger partial charge in [-0.1, -0.05) is 17.7 Å². The SMILES string of the molecule is Cc1c(Cl)cccc1Nc1cc([N+](=O)[O-])cc(NN)n1. The van der Waals surface area contributed by atoms with Gasteiger partial charge >= 0.3 is 0 Å². The monoisotopic (exact) mass is 293 g/mol. The van der Waals surface area contributed by atoms with Crippen LogP contribution in [0.4, 0.5) is 23.0 Å². The Morgan fingerprint density at radius 2 is 2.05 bits per heavy atom. The van der Waals surface area contributed by atoms with Crippen LogP contribution in [-0.2, 0) is 0 Å². The van der Waals surface area contributed by atoms with Crippen LogP contribution in [0, 0.1) is 17.0 Å². The number of nitrogens with two attached hydrogens (primary N) is 1. The van der Waals surface area contributed by atoms with Crippen molar-refractivity contribution in [3.8, 4) is 0 Å². The molecule has 104 valence electrons. The number of nitrogens with zero attached hydrogens (tertiary/aromatic N) is 2. The van der Waals surface area contributed by atoms with Crippen LogP contribution in [0.25, 0.3) is 0 Å². The molecule has 0 spiro atoms. The number of halogens is 1. The topological polar surface area (TPSA) is 106 Å². The van der Waals surface area contributed by atoms with E-state index < -0.39 is 4.92 Å². The van der Waals surface area contributed by atoms with Crippen molar-refractivity contribution < 1.29 is 4.92 Å². The minimum absolute atomic E-state index is 0.116. The van der Waals surface area contributed by atoms with Crippen LogP contribution < -0.4 is 16.6 Å². The zero-order valence-electron chi connectivity index (χ0n) is 10.6. The van der Waals surface area contributed by atoms with E-state index in [0.717, 1.165) is 5.56 Å². The summed E-state index contributed by atoms with van der Waals surface area (Å²) in [6.45, 7) is 1.84. The first-order valence-corrected chi connectivity index (χ1v) is 6.04. The van der Waals surface area contributed by atoms with E-state index in [2.05, 4.69) is 15.7 Å². The van der Waals surface area contributed by atoms with Gasteiger partial charge in [-0.2, -0.15) is 0 Å². The zero-order chi connectivity index (χ0) is 14.7. The van der Waals surface area contributed by atoms with Crippen LogP contribution in [0.5, 0.6) is 0 Å². The summed E-state index contributed by atoms with van der Waals surface area (Å²) in [6.07, 6.45) is 0. The van der Waals surface area contributed by atoms with Crippen LogP contribution in [0.2, 0.25) is 5.02 Å². The van der Waals surface area contributed by atoms with Crippen molar-refractivity contribution >= 4 is 34.6 Å². The molecule has 7 nitrogen and oxygen atoms in total. The minimum atomic E-state index is -0.515. The van der Waals surface area contributed by atoms with Gasteiger partial charge in [-0.25, -0.2) is 10.8 Å². The maximum absolute atomic E-state index is 10.9. The molecule has 0 aliphatic rings. The fourth-order valence-corrected chi connectivity index (χ4v) is 1.81. The number of rotatable bonds is 4. The first-order chi connectivity index (χ1) is 9.51. The van der Waals surface area contributed by atoms with E-state index in [1.165, 1.54) is 12.1 Å². The largest absolute Gasteiger partial charge is 0.340 e. The van der Waals surface area contributed by atoms with Crippen molar-refractivity contribution in [3.63, 3.8) is 0 Å². The smallest absolute Gasteiger partial charge is 0.276 e. The highest BCUT2D eigenvalue weighted by atomic mass is 35.5. The Morgan fingerprint density at radius 3 is 2.70 bits per heavy atom. The number of nitrogen functional groups attached to an aromatic ring is 1. The summed E-state index contributed by atoms with van der Waals surface area (Å²) < 4.78 is 0. The van der Waals surface area contributed by atoms with Crippen molar-refractivity contribution in [2.45, 2.75) is 6.92 Å². The van der Waals surface area contributed by atoms with E-state index in [9.17, 15) is 10.1 Å². The van der Waals surface area contributed by atoms with Gasteiger partial charge in [0.2, 0.25) is 0 Å². The van der Waals surface area contributed by atoms with Crippen molar-refractivity contribution in [3.05, 3.63) is 51.0 Å². The van der Waals surface area contributed by atoms with Gasteiger partial charge in [0, 0.05) is 10.7 Å². The molecule has 0 saturated heterocycles. The van der Waals surface area contributed by atoms with Crippen LogP contribution in [-0.4, -0.2) is 9.91 Å². The highest BCUT2D eigenvalue weighted by Crippen LogP contribution is 2.27. The van der Waals surface area contributed by atoms with E-state index in [0.29, 0.717) is 16.5 Å². The Labute approximate surface area is 119 Å². The summed E-state index contributed by atoms with van der Waals surface area (Å²) in [4.78, 5) is 14.4. The summed E-state index contributed by atoms with van der Waals surface area (Å²) in [5.41, 5.74) is 3.72. The Bertz CT molecular complexity index is 662. The van der Waals surface area contributed by atoms with Crippen LogP contribution in [0.3, 0.4) is 0 Å². The van der Waals surface area contributed by atoms with Crippen molar-refractivity contribution in [1.29, 1.82) is 0 Å². The highest BCUT2D eigenvalue weighted by molar-refractivity contribution is 6.31. The lowest BCUT2D eigenvalue weighted by Gasteiger charge is -2.10. The number of hydrogen-bond donors (Lipinski definition) is 3. The van der Waals surface area contributed by atoms with Gasteiger partial charge in [0.05, 0.1) is 17.1 Å². The van der Waals surface area contributed by atoms with E-state index >= 15 is 0 Å². The summed E-state index contributed by atoms with van der Waals surface area (Å²) in [6, 6.07) is 7.90. The van der Waals surface area contributed by atoms with Gasteiger partial charge in [0.1, 0.15) is 11.6 Å². The molecule has 0 aliphatic carbocycles. The minimum Gasteiger partial charge on any atom is -0.340 e. The number of aromatic nitrogens is 1. The maximum Gasteiger partial charge on any atom is 0.276 e. The number of nitro groups is 1. The molecule has 4 N–H and O–H groups in total. The molecule has 0 unspecified atom stereocenters. The molecule has 1 aromatic heterocycles. The predicted molar refractivity (Wildman–Crippen MR) is 78.2 cm³/mol. The predicted octanol–water partition coefficient (Wildman–Crippen LogP) is 2.98. The third kappa shape index (κ3) is 2.95. The maximum atomic E-state index is 10.9. The van der Waals surface area contributed by atoms with Crippen LogP contribution in [0.15, 0.2) is 30.3 Å². The van der Waals surface area contributed by atoms with E-state index in [1.807, 2.05) is 6.92 Å². The van der Waals surface area contributed by atoms with Crippen molar-refractivity contribution in [2.75, 3.05) is 10.7 Å². The van der Waals surface area contributed by atoms with Crippen LogP contribution >= 0.6 is 11.6 Å². The molecule has 0 atom stereocenters. The molecule has 20 heavy (non-hydrogen) atoms. The first kappa shape index (κ1) is 14.0. The third-order valence-electron chi connectivity index (χ3n) is 2.70. The second kappa shape index (κ2) is 5.72. The molecule has 0 aliphatic heterocycles. The lowest BCUT2D eigenvalue weighted by Crippen LogP contribution is -2.10. The summed E-state index contributed by atoms with van der Waals surface area (Å²) in [5, 5.41) is 14.4. The Hall–Kier alpha value is -2.38. The normalized spacial score (nSPS) is 10.2. The number of nitrogens with one attached hydrogen (secondary N) is 2. The van der Waals surface area contributed by atoms with Crippen molar-refractivity contribution in [1.82, 2.24) is 4.98 Å². The number of pyridine rings is 1. The molecular formula is C12H12ClN5O2. The van der Waals surface area contributed by atoms with E-state index in [1.54, 1.807) is 18.2 Å². The lowest BCUT2D eigenvalue weighted by molar-refractivity contribution is -0.384. The molecule has 0 bridgehead atoms. The van der Waals surface area contributed by atoms with Gasteiger partial charge < -0.3 is 10.7 Å². The third-order valence-corrected chi connectivity index (χ3v) is 3.11. The summed E-state index contributed by atoms with van der Waals surface area (Å²) in [7, 11) is 0. The summed E-state index contributed by atoms with van der Waals surface area (Å²) in [5.74, 6) is 5.75. The van der Waals surface area contributed by atoms with Gasteiger partial charge in [-0.05, 0) is 24.6 Å². The fraction of sp³-hybridized carbons (Fsp3) is 0.0833. The van der Waals surface area contributed by atoms with Gasteiger partial charge in [-0.15, -0.1) is 0 Å². The molecular weight excluding hydrogens is 282 g/mol. The standard InChI is InChI=1S/C12H12ClN5O2/c1-7-9(13)3-2-4-10(7)15-11-5-8(18(19)20)6-12(16-11)17-14/h2-6H,14H2,1H3,(H2,15,16,17). The fourth-order valence-electron chi connectivity index (χ4n) is 1.64. The molecule has 0 fully saturated rings. The van der Waals surface area contributed by atoms with E-state index in [-0.39, 0.29) is 11.5 Å². The molecule has 1 aromatic carbocycles. The first-order valence-electron chi connectivity index (χ1n) is 5.66. The highest BCUT2D eigenvalue weighted by Gasteiger charge is 2.12. The Morgan fingerprint density at radius 1 is 1.35 bits per heavy atom. The molecule has 1 heterocycles.